The predicted molar refractivity (Wildman–Crippen MR) is 84.3 cm³/mol. The summed E-state index contributed by atoms with van der Waals surface area (Å²) in [6.07, 6.45) is 2.21. The third-order valence-electron chi connectivity index (χ3n) is 7.19. The Bertz CT molecular complexity index is 792. The van der Waals surface area contributed by atoms with Gasteiger partial charge in [-0.1, -0.05) is 32.0 Å². The molecule has 1 aromatic rings. The largest absolute Gasteiger partial charge is 0.480 e. The number of hydrogen-bond acceptors (Lipinski definition) is 3. The van der Waals surface area contributed by atoms with E-state index in [0.717, 1.165) is 12.8 Å². The zero-order valence-corrected chi connectivity index (χ0v) is 14.1. The van der Waals surface area contributed by atoms with Gasteiger partial charge in [-0.15, -0.1) is 0 Å². The number of hydrogen-bond donors (Lipinski definition) is 1. The molecule has 124 valence electrons. The first kappa shape index (κ1) is 15.1. The molecule has 0 aromatic heterocycles. The van der Waals surface area contributed by atoms with Gasteiger partial charge in [0.05, 0.1) is 4.90 Å². The van der Waals surface area contributed by atoms with Crippen LogP contribution in [0.2, 0.25) is 0 Å². The minimum atomic E-state index is -3.82. The molecule has 4 unspecified atom stereocenters. The van der Waals surface area contributed by atoms with Gasteiger partial charge in [0.2, 0.25) is 10.0 Å². The highest BCUT2D eigenvalue weighted by Crippen LogP contribution is 2.76. The van der Waals surface area contributed by atoms with Crippen molar-refractivity contribution in [3.63, 3.8) is 0 Å². The van der Waals surface area contributed by atoms with Crippen LogP contribution < -0.4 is 0 Å². The second-order valence-corrected chi connectivity index (χ2v) is 9.54. The van der Waals surface area contributed by atoms with Crippen molar-refractivity contribution in [2.45, 2.75) is 43.5 Å². The molecule has 2 saturated carbocycles. The lowest BCUT2D eigenvalue weighted by Crippen LogP contribution is -2.60. The first-order valence-corrected chi connectivity index (χ1v) is 9.45. The Morgan fingerprint density at radius 1 is 1.26 bits per heavy atom. The summed E-state index contributed by atoms with van der Waals surface area (Å²) in [7, 11) is -3.82. The number of sulfonamides is 1. The van der Waals surface area contributed by atoms with Crippen molar-refractivity contribution < 1.29 is 18.3 Å². The molecule has 1 N–H and O–H groups in total. The number of piperidine rings is 1. The van der Waals surface area contributed by atoms with E-state index in [9.17, 15) is 18.3 Å². The summed E-state index contributed by atoms with van der Waals surface area (Å²) in [6.45, 7) is 4.36. The highest BCUT2D eigenvalue weighted by molar-refractivity contribution is 7.89. The van der Waals surface area contributed by atoms with Gasteiger partial charge < -0.3 is 5.11 Å². The Morgan fingerprint density at radius 3 is 2.48 bits per heavy atom. The van der Waals surface area contributed by atoms with Crippen molar-refractivity contribution in [2.24, 2.45) is 16.7 Å². The number of carboxylic acids is 1. The molecule has 1 aromatic carbocycles. The highest BCUT2D eigenvalue weighted by Gasteiger charge is 2.82. The topological polar surface area (TPSA) is 74.7 Å². The van der Waals surface area contributed by atoms with Crippen molar-refractivity contribution in [1.82, 2.24) is 4.31 Å². The number of rotatable bonds is 3. The van der Waals surface area contributed by atoms with Crippen LogP contribution in [-0.4, -0.2) is 35.9 Å². The number of carboxylic acid groups (broad SMARTS) is 1. The Hall–Kier alpha value is -1.40. The lowest BCUT2D eigenvalue weighted by Gasteiger charge is -2.43. The van der Waals surface area contributed by atoms with Gasteiger partial charge in [0.1, 0.15) is 5.54 Å². The van der Waals surface area contributed by atoms with Gasteiger partial charge in [0.15, 0.2) is 0 Å². The molecule has 23 heavy (non-hydrogen) atoms. The van der Waals surface area contributed by atoms with Crippen LogP contribution in [0.4, 0.5) is 0 Å². The number of nitrogens with zero attached hydrogens (tertiary/aromatic N) is 1. The van der Waals surface area contributed by atoms with Gasteiger partial charge in [-0.25, -0.2) is 8.42 Å². The van der Waals surface area contributed by atoms with Crippen LogP contribution in [0.15, 0.2) is 35.2 Å². The lowest BCUT2D eigenvalue weighted by atomic mass is 9.66. The van der Waals surface area contributed by atoms with Crippen LogP contribution in [0.3, 0.4) is 0 Å². The molecule has 3 fully saturated rings. The maximum atomic E-state index is 13.2. The summed E-state index contributed by atoms with van der Waals surface area (Å²) >= 11 is 0. The molecule has 0 amide bonds. The molecular formula is C17H21NO4S. The fourth-order valence-electron chi connectivity index (χ4n) is 5.66. The molecule has 4 bridgehead atoms. The lowest BCUT2D eigenvalue weighted by molar-refractivity contribution is -0.153. The molecule has 4 atom stereocenters. The first-order chi connectivity index (χ1) is 10.7. The molecule has 0 radical (unpaired) electrons. The zero-order chi connectivity index (χ0) is 16.7. The maximum Gasteiger partial charge on any atom is 0.325 e. The molecule has 5 nitrogen and oxygen atoms in total. The molecule has 6 heteroatoms. The summed E-state index contributed by atoms with van der Waals surface area (Å²) in [4.78, 5) is 12.5. The van der Waals surface area contributed by atoms with Crippen LogP contribution in [0.5, 0.6) is 0 Å². The molecule has 3 aliphatic rings. The Labute approximate surface area is 136 Å². The van der Waals surface area contributed by atoms with Crippen LogP contribution in [0.1, 0.15) is 33.1 Å². The number of benzene rings is 1. The Balaban J connectivity index is 1.91. The monoisotopic (exact) mass is 335 g/mol. The van der Waals surface area contributed by atoms with Crippen LogP contribution in [0.25, 0.3) is 0 Å². The van der Waals surface area contributed by atoms with E-state index in [1.807, 2.05) is 6.92 Å². The van der Waals surface area contributed by atoms with Crippen molar-refractivity contribution in [1.29, 1.82) is 0 Å². The molecule has 1 saturated heterocycles. The molecular weight excluding hydrogens is 314 g/mol. The first-order valence-electron chi connectivity index (χ1n) is 8.01. The van der Waals surface area contributed by atoms with Crippen LogP contribution in [-0.2, 0) is 14.8 Å². The van der Waals surface area contributed by atoms with E-state index in [4.69, 9.17) is 0 Å². The minimum absolute atomic E-state index is 0.177. The molecule has 1 heterocycles. The van der Waals surface area contributed by atoms with E-state index < -0.39 is 26.9 Å². The standard InChI is InChI=1S/C17H21NO4S/c1-15-11-18(23(21,22)13-6-4-3-5-7-13)17(14(19)20)10-12(15)8-9-16(15,17)2/h3-7,12H,8-11H2,1-2H3,(H,19,20). The van der Waals surface area contributed by atoms with E-state index in [1.54, 1.807) is 30.3 Å². The average Bonchev–Trinajstić information content (AvgIpc) is 2.98. The summed E-state index contributed by atoms with van der Waals surface area (Å²) < 4.78 is 27.6. The highest BCUT2D eigenvalue weighted by atomic mass is 32.2. The summed E-state index contributed by atoms with van der Waals surface area (Å²) in [5, 5.41) is 10.1. The van der Waals surface area contributed by atoms with Gasteiger partial charge in [0, 0.05) is 12.0 Å². The van der Waals surface area contributed by atoms with Gasteiger partial charge >= 0.3 is 5.97 Å². The Kier molecular flexibility index (Phi) is 2.74. The summed E-state index contributed by atoms with van der Waals surface area (Å²) in [5.41, 5.74) is -2.06. The van der Waals surface area contributed by atoms with Crippen molar-refractivity contribution in [2.75, 3.05) is 6.54 Å². The van der Waals surface area contributed by atoms with Gasteiger partial charge in [-0.3, -0.25) is 4.79 Å². The van der Waals surface area contributed by atoms with E-state index in [-0.39, 0.29) is 10.3 Å². The minimum Gasteiger partial charge on any atom is -0.480 e. The average molecular weight is 335 g/mol. The van der Waals surface area contributed by atoms with Crippen molar-refractivity contribution in [3.8, 4) is 0 Å². The Morgan fingerprint density at radius 2 is 1.91 bits per heavy atom. The van der Waals surface area contributed by atoms with E-state index in [0.29, 0.717) is 18.9 Å². The normalized spacial score (nSPS) is 42.3. The second kappa shape index (κ2) is 4.16. The van der Waals surface area contributed by atoms with Crippen molar-refractivity contribution in [3.05, 3.63) is 30.3 Å². The second-order valence-electron chi connectivity index (χ2n) is 7.68. The van der Waals surface area contributed by atoms with Gasteiger partial charge in [0.25, 0.3) is 0 Å². The number of carbonyl (C=O) groups is 1. The fraction of sp³-hybridized carbons (Fsp3) is 0.588. The quantitative estimate of drug-likeness (QED) is 0.920. The SMILES string of the molecule is CC12CN(S(=O)(=O)c3ccccc3)C3(C(=O)O)CC1CCC23C. The summed E-state index contributed by atoms with van der Waals surface area (Å²) in [5.74, 6) is -0.698. The zero-order valence-electron chi connectivity index (χ0n) is 13.3. The number of aliphatic carboxylic acids is 1. The smallest absolute Gasteiger partial charge is 0.325 e. The molecule has 2 aliphatic carbocycles. The van der Waals surface area contributed by atoms with Gasteiger partial charge in [-0.05, 0) is 42.7 Å². The molecule has 1 aliphatic heterocycles. The van der Waals surface area contributed by atoms with Crippen LogP contribution in [0, 0.1) is 16.7 Å². The third kappa shape index (κ3) is 1.43. The fourth-order valence-corrected chi connectivity index (χ4v) is 7.62. The third-order valence-corrected chi connectivity index (χ3v) is 9.08. The molecule has 4 rings (SSSR count). The van der Waals surface area contributed by atoms with Crippen LogP contribution >= 0.6 is 0 Å². The van der Waals surface area contributed by atoms with Crippen molar-refractivity contribution >= 4 is 16.0 Å². The maximum absolute atomic E-state index is 13.2. The summed E-state index contributed by atoms with van der Waals surface area (Å²) in [6, 6.07) is 8.18. The molecule has 0 spiro atoms. The predicted octanol–water partition coefficient (Wildman–Crippen LogP) is 2.34. The van der Waals surface area contributed by atoms with E-state index >= 15 is 0 Å². The van der Waals surface area contributed by atoms with E-state index in [1.165, 1.54) is 4.31 Å². The van der Waals surface area contributed by atoms with Gasteiger partial charge in [-0.2, -0.15) is 4.31 Å². The van der Waals surface area contributed by atoms with E-state index in [2.05, 4.69) is 6.92 Å².